The third-order valence-corrected chi connectivity index (χ3v) is 2.30. The minimum absolute atomic E-state index is 0.385. The lowest BCUT2D eigenvalue weighted by Crippen LogP contribution is -2.01. The molecule has 0 saturated carbocycles. The smallest absolute Gasteiger partial charge is 0.0830 e. The number of hydrogen-bond donors (Lipinski definition) is 1. The molecule has 0 saturated heterocycles. The average Bonchev–Trinajstić information content (AvgIpc) is 2.07. The van der Waals surface area contributed by atoms with Crippen LogP contribution >= 0.6 is 11.6 Å². The number of benzene rings is 1. The Labute approximate surface area is 76.3 Å². The molecule has 62 valence electrons. The molecular formula is C10H9ClO. The van der Waals surface area contributed by atoms with E-state index in [0.717, 1.165) is 11.1 Å². The first kappa shape index (κ1) is 7.84. The first-order valence-corrected chi connectivity index (χ1v) is 4.29. The Balaban J connectivity index is 2.56. The predicted octanol–water partition coefficient (Wildman–Crippen LogP) is 2.79. The summed E-state index contributed by atoms with van der Waals surface area (Å²) in [4.78, 5) is 0. The van der Waals surface area contributed by atoms with Crippen molar-refractivity contribution in [2.45, 2.75) is 12.5 Å². The Morgan fingerprint density at radius 3 is 3.08 bits per heavy atom. The van der Waals surface area contributed by atoms with Gasteiger partial charge in [-0.1, -0.05) is 29.8 Å². The molecule has 1 aromatic rings. The highest BCUT2D eigenvalue weighted by molar-refractivity contribution is 6.30. The SMILES string of the molecule is OC1CC=Cc2ccc(Cl)cc21. The van der Waals surface area contributed by atoms with Gasteiger partial charge >= 0.3 is 0 Å². The van der Waals surface area contributed by atoms with Crippen molar-refractivity contribution in [2.24, 2.45) is 0 Å². The standard InChI is InChI=1S/C10H9ClO/c11-8-5-4-7-2-1-3-10(12)9(7)6-8/h1-2,4-6,10,12H,3H2. The summed E-state index contributed by atoms with van der Waals surface area (Å²) < 4.78 is 0. The molecule has 1 aliphatic carbocycles. The van der Waals surface area contributed by atoms with Crippen molar-refractivity contribution in [1.82, 2.24) is 0 Å². The predicted molar refractivity (Wildman–Crippen MR) is 50.1 cm³/mol. The highest BCUT2D eigenvalue weighted by Gasteiger charge is 2.13. The van der Waals surface area contributed by atoms with Crippen molar-refractivity contribution < 1.29 is 5.11 Å². The molecule has 2 rings (SSSR count). The molecule has 0 bridgehead atoms. The fraction of sp³-hybridized carbons (Fsp3) is 0.200. The summed E-state index contributed by atoms with van der Waals surface area (Å²) in [7, 11) is 0. The fourth-order valence-corrected chi connectivity index (χ4v) is 1.62. The van der Waals surface area contributed by atoms with Crippen LogP contribution in [0.2, 0.25) is 5.02 Å². The molecule has 0 spiro atoms. The van der Waals surface area contributed by atoms with Gasteiger partial charge in [-0.05, 0) is 29.7 Å². The molecule has 0 radical (unpaired) electrons. The van der Waals surface area contributed by atoms with Gasteiger partial charge < -0.3 is 5.11 Å². The van der Waals surface area contributed by atoms with E-state index >= 15 is 0 Å². The van der Waals surface area contributed by atoms with Crippen molar-refractivity contribution >= 4 is 17.7 Å². The van der Waals surface area contributed by atoms with Gasteiger partial charge in [-0.15, -0.1) is 0 Å². The Bertz CT molecular complexity index is 331. The van der Waals surface area contributed by atoms with Crippen LogP contribution in [0.4, 0.5) is 0 Å². The van der Waals surface area contributed by atoms with Gasteiger partial charge in [-0.3, -0.25) is 0 Å². The van der Waals surface area contributed by atoms with Crippen LogP contribution in [0.25, 0.3) is 6.08 Å². The minimum atomic E-state index is -0.385. The van der Waals surface area contributed by atoms with Gasteiger partial charge in [0.1, 0.15) is 0 Å². The lowest BCUT2D eigenvalue weighted by molar-refractivity contribution is 0.180. The highest BCUT2D eigenvalue weighted by atomic mass is 35.5. The molecule has 0 aliphatic heterocycles. The van der Waals surface area contributed by atoms with E-state index in [1.54, 1.807) is 0 Å². The monoisotopic (exact) mass is 180 g/mol. The molecule has 2 heteroatoms. The molecule has 1 aliphatic rings. The fourth-order valence-electron chi connectivity index (χ4n) is 1.44. The summed E-state index contributed by atoms with van der Waals surface area (Å²) in [5, 5.41) is 10.3. The van der Waals surface area contributed by atoms with Crippen LogP contribution in [0, 0.1) is 0 Å². The van der Waals surface area contributed by atoms with Crippen molar-refractivity contribution in [1.29, 1.82) is 0 Å². The summed E-state index contributed by atoms with van der Waals surface area (Å²) >= 11 is 5.81. The Morgan fingerprint density at radius 2 is 2.25 bits per heavy atom. The maximum atomic E-state index is 9.58. The molecule has 0 amide bonds. The molecular weight excluding hydrogens is 172 g/mol. The second-order valence-electron chi connectivity index (χ2n) is 2.93. The molecule has 1 nitrogen and oxygen atoms in total. The summed E-state index contributed by atoms with van der Waals surface area (Å²) in [6.45, 7) is 0. The molecule has 0 fully saturated rings. The third kappa shape index (κ3) is 1.26. The maximum Gasteiger partial charge on any atom is 0.0830 e. The van der Waals surface area contributed by atoms with Gasteiger partial charge in [0.05, 0.1) is 6.10 Å². The highest BCUT2D eigenvalue weighted by Crippen LogP contribution is 2.29. The minimum Gasteiger partial charge on any atom is -0.388 e. The van der Waals surface area contributed by atoms with Crippen LogP contribution in [0.15, 0.2) is 24.3 Å². The van der Waals surface area contributed by atoms with E-state index < -0.39 is 0 Å². The van der Waals surface area contributed by atoms with Crippen LogP contribution in [0.5, 0.6) is 0 Å². The van der Waals surface area contributed by atoms with Crippen molar-refractivity contribution in [3.05, 3.63) is 40.4 Å². The van der Waals surface area contributed by atoms with Crippen molar-refractivity contribution in [3.63, 3.8) is 0 Å². The van der Waals surface area contributed by atoms with Crippen LogP contribution in [-0.4, -0.2) is 5.11 Å². The van der Waals surface area contributed by atoms with Crippen LogP contribution in [0.3, 0.4) is 0 Å². The number of halogens is 1. The maximum absolute atomic E-state index is 9.58. The third-order valence-electron chi connectivity index (χ3n) is 2.06. The van der Waals surface area contributed by atoms with E-state index in [4.69, 9.17) is 11.6 Å². The first-order chi connectivity index (χ1) is 5.77. The van der Waals surface area contributed by atoms with E-state index in [1.165, 1.54) is 0 Å². The topological polar surface area (TPSA) is 20.2 Å². The Hall–Kier alpha value is -0.790. The van der Waals surface area contributed by atoms with Crippen molar-refractivity contribution in [2.75, 3.05) is 0 Å². The molecule has 1 atom stereocenters. The van der Waals surface area contributed by atoms with Gasteiger partial charge in [-0.25, -0.2) is 0 Å². The summed E-state index contributed by atoms with van der Waals surface area (Å²) in [5.41, 5.74) is 2.00. The lowest BCUT2D eigenvalue weighted by Gasteiger charge is -2.16. The zero-order valence-corrected chi connectivity index (χ0v) is 7.25. The van der Waals surface area contributed by atoms with E-state index in [1.807, 2.05) is 30.4 Å². The Morgan fingerprint density at radius 1 is 1.42 bits per heavy atom. The molecule has 1 aromatic carbocycles. The molecule has 12 heavy (non-hydrogen) atoms. The van der Waals surface area contributed by atoms with Crippen LogP contribution in [-0.2, 0) is 0 Å². The van der Waals surface area contributed by atoms with Gasteiger partial charge in [0.25, 0.3) is 0 Å². The number of aliphatic hydroxyl groups excluding tert-OH is 1. The second kappa shape index (κ2) is 2.92. The summed E-state index contributed by atoms with van der Waals surface area (Å²) in [6, 6.07) is 5.59. The summed E-state index contributed by atoms with van der Waals surface area (Å²) in [6.07, 6.45) is 4.29. The molecule has 1 N–H and O–H groups in total. The first-order valence-electron chi connectivity index (χ1n) is 3.91. The number of rotatable bonds is 0. The molecule has 0 aromatic heterocycles. The molecule has 0 heterocycles. The van der Waals surface area contributed by atoms with Crippen LogP contribution < -0.4 is 0 Å². The zero-order chi connectivity index (χ0) is 8.55. The average molecular weight is 181 g/mol. The largest absolute Gasteiger partial charge is 0.388 e. The van der Waals surface area contributed by atoms with Gasteiger partial charge in [0.2, 0.25) is 0 Å². The quantitative estimate of drug-likeness (QED) is 0.651. The normalized spacial score (nSPS) is 20.7. The van der Waals surface area contributed by atoms with Gasteiger partial charge in [0.15, 0.2) is 0 Å². The summed E-state index contributed by atoms with van der Waals surface area (Å²) in [5.74, 6) is 0. The van der Waals surface area contributed by atoms with E-state index in [0.29, 0.717) is 11.4 Å². The lowest BCUT2D eigenvalue weighted by atomic mass is 9.95. The van der Waals surface area contributed by atoms with Crippen LogP contribution in [0.1, 0.15) is 23.7 Å². The Kier molecular flexibility index (Phi) is 1.91. The van der Waals surface area contributed by atoms with Gasteiger partial charge in [0, 0.05) is 5.02 Å². The second-order valence-corrected chi connectivity index (χ2v) is 3.36. The molecule has 1 unspecified atom stereocenters. The van der Waals surface area contributed by atoms with Crippen molar-refractivity contribution in [3.8, 4) is 0 Å². The van der Waals surface area contributed by atoms with E-state index in [2.05, 4.69) is 0 Å². The van der Waals surface area contributed by atoms with E-state index in [-0.39, 0.29) is 6.10 Å². The van der Waals surface area contributed by atoms with Gasteiger partial charge in [-0.2, -0.15) is 0 Å². The number of hydrogen-bond acceptors (Lipinski definition) is 1. The zero-order valence-electron chi connectivity index (χ0n) is 6.50. The van der Waals surface area contributed by atoms with E-state index in [9.17, 15) is 5.11 Å². The number of aliphatic hydroxyl groups is 1. The number of fused-ring (bicyclic) bond motifs is 1.